The molecule has 0 saturated heterocycles. The van der Waals surface area contributed by atoms with Gasteiger partial charge in [0, 0.05) is 23.5 Å². The monoisotopic (exact) mass is 365 g/mol. The normalized spacial score (nSPS) is 23.4. The van der Waals surface area contributed by atoms with E-state index in [2.05, 4.69) is 10.9 Å². The lowest BCUT2D eigenvalue weighted by Gasteiger charge is -2.20. The second kappa shape index (κ2) is 7.22. The largest absolute Gasteiger partial charge is 0.318 e. The number of aromatic nitrogens is 1. The van der Waals surface area contributed by atoms with Crippen molar-refractivity contribution in [3.05, 3.63) is 53.3 Å². The lowest BCUT2D eigenvalue weighted by atomic mass is 9.86. The molecule has 5 heteroatoms. The molecule has 2 aliphatic rings. The van der Waals surface area contributed by atoms with Crippen LogP contribution in [0, 0.1) is 31.6 Å². The van der Waals surface area contributed by atoms with Gasteiger partial charge < -0.3 is 4.57 Å². The second-order valence-corrected chi connectivity index (χ2v) is 8.10. The number of hydrogen-bond donors (Lipinski definition) is 2. The van der Waals surface area contributed by atoms with Crippen molar-refractivity contribution in [3.8, 4) is 5.69 Å². The van der Waals surface area contributed by atoms with Crippen molar-refractivity contribution in [1.29, 1.82) is 0 Å². The fraction of sp³-hybridized carbons (Fsp3) is 0.455. The van der Waals surface area contributed by atoms with Gasteiger partial charge in [0.05, 0.1) is 5.56 Å². The molecule has 0 radical (unpaired) electrons. The van der Waals surface area contributed by atoms with Crippen molar-refractivity contribution in [2.45, 2.75) is 46.0 Å². The van der Waals surface area contributed by atoms with Crippen molar-refractivity contribution < 1.29 is 9.59 Å². The van der Waals surface area contributed by atoms with E-state index in [4.69, 9.17) is 0 Å². The number of hydrogen-bond acceptors (Lipinski definition) is 2. The van der Waals surface area contributed by atoms with E-state index >= 15 is 0 Å². The van der Waals surface area contributed by atoms with Crippen LogP contribution in [0.25, 0.3) is 5.69 Å². The molecule has 1 aromatic carbocycles. The Labute approximate surface area is 160 Å². The van der Waals surface area contributed by atoms with E-state index in [9.17, 15) is 9.59 Å². The molecule has 2 bridgehead atoms. The zero-order valence-electron chi connectivity index (χ0n) is 16.0. The Kier molecular flexibility index (Phi) is 4.77. The lowest BCUT2D eigenvalue weighted by molar-refractivity contribution is -0.123. The number of aryl methyl sites for hydroxylation is 1. The number of carbonyl (C=O) groups excluding carboxylic acids is 2. The Morgan fingerprint density at radius 2 is 1.85 bits per heavy atom. The molecule has 2 fully saturated rings. The summed E-state index contributed by atoms with van der Waals surface area (Å²) in [5.41, 5.74) is 8.66. The van der Waals surface area contributed by atoms with Gasteiger partial charge in [-0.1, -0.05) is 24.6 Å². The average Bonchev–Trinajstić information content (AvgIpc) is 3.35. The Bertz CT molecular complexity index is 856. The molecular weight excluding hydrogens is 338 g/mol. The first-order valence-electron chi connectivity index (χ1n) is 9.86. The number of benzene rings is 1. The summed E-state index contributed by atoms with van der Waals surface area (Å²) in [5, 5.41) is 0. The first-order valence-corrected chi connectivity index (χ1v) is 9.86. The summed E-state index contributed by atoms with van der Waals surface area (Å²) in [4.78, 5) is 24.9. The molecule has 2 saturated carbocycles. The molecule has 0 unspecified atom stereocenters. The van der Waals surface area contributed by atoms with E-state index in [-0.39, 0.29) is 11.8 Å². The number of fused-ring (bicyclic) bond motifs is 2. The summed E-state index contributed by atoms with van der Waals surface area (Å²) in [7, 11) is 0. The molecule has 142 valence electrons. The summed E-state index contributed by atoms with van der Waals surface area (Å²) >= 11 is 0. The summed E-state index contributed by atoms with van der Waals surface area (Å²) in [6.45, 7) is 3.90. The Morgan fingerprint density at radius 1 is 1.07 bits per heavy atom. The Balaban J connectivity index is 1.38. The van der Waals surface area contributed by atoms with Gasteiger partial charge in [0.25, 0.3) is 5.91 Å². The molecule has 5 nitrogen and oxygen atoms in total. The fourth-order valence-electron chi connectivity index (χ4n) is 5.08. The molecule has 1 heterocycles. The molecule has 2 N–H and O–H groups in total. The molecule has 1 aromatic heterocycles. The van der Waals surface area contributed by atoms with Crippen molar-refractivity contribution in [2.24, 2.45) is 17.8 Å². The van der Waals surface area contributed by atoms with E-state index in [0.717, 1.165) is 23.0 Å². The van der Waals surface area contributed by atoms with Crippen LogP contribution in [-0.2, 0) is 4.79 Å². The van der Waals surface area contributed by atoms with Crippen LogP contribution in [0.4, 0.5) is 0 Å². The minimum Gasteiger partial charge on any atom is -0.318 e. The predicted octanol–water partition coefficient (Wildman–Crippen LogP) is 3.68. The molecule has 0 aliphatic heterocycles. The van der Waals surface area contributed by atoms with E-state index in [1.54, 1.807) is 0 Å². The van der Waals surface area contributed by atoms with Crippen LogP contribution in [0.1, 0.15) is 53.8 Å². The third-order valence-electron chi connectivity index (χ3n) is 6.34. The van der Waals surface area contributed by atoms with Gasteiger partial charge in [-0.25, -0.2) is 0 Å². The van der Waals surface area contributed by atoms with Crippen molar-refractivity contribution >= 4 is 11.8 Å². The molecule has 2 amide bonds. The van der Waals surface area contributed by atoms with Crippen LogP contribution in [-0.4, -0.2) is 16.4 Å². The molecule has 2 aromatic rings. The highest BCUT2D eigenvalue weighted by atomic mass is 16.2. The van der Waals surface area contributed by atoms with Gasteiger partial charge in [0.15, 0.2) is 0 Å². The Morgan fingerprint density at radius 3 is 2.52 bits per heavy atom. The average molecular weight is 365 g/mol. The highest BCUT2D eigenvalue weighted by Gasteiger charge is 2.40. The maximum atomic E-state index is 12.6. The fourth-order valence-corrected chi connectivity index (χ4v) is 5.08. The van der Waals surface area contributed by atoms with Gasteiger partial charge in [-0.3, -0.25) is 20.4 Å². The molecule has 3 atom stereocenters. The van der Waals surface area contributed by atoms with E-state index in [0.29, 0.717) is 23.8 Å². The highest BCUT2D eigenvalue weighted by molar-refractivity contribution is 5.97. The molecule has 27 heavy (non-hydrogen) atoms. The van der Waals surface area contributed by atoms with E-state index in [1.165, 1.54) is 25.7 Å². The quantitative estimate of drug-likeness (QED) is 0.812. The number of amides is 2. The third-order valence-corrected chi connectivity index (χ3v) is 6.34. The van der Waals surface area contributed by atoms with Gasteiger partial charge in [-0.15, -0.1) is 0 Å². The maximum absolute atomic E-state index is 12.6. The summed E-state index contributed by atoms with van der Waals surface area (Å²) < 4.78 is 2.05. The number of nitrogens with zero attached hydrogens (tertiary/aromatic N) is 1. The molecule has 4 rings (SSSR count). The van der Waals surface area contributed by atoms with Crippen LogP contribution in [0.5, 0.6) is 0 Å². The van der Waals surface area contributed by atoms with Crippen LogP contribution in [0.2, 0.25) is 0 Å². The maximum Gasteiger partial charge on any atom is 0.271 e. The number of carbonyl (C=O) groups is 2. The van der Waals surface area contributed by atoms with Crippen molar-refractivity contribution in [1.82, 2.24) is 15.4 Å². The predicted molar refractivity (Wildman–Crippen MR) is 104 cm³/mol. The number of hydrazine groups is 1. The minimum absolute atomic E-state index is 0.0854. The van der Waals surface area contributed by atoms with Crippen LogP contribution in [0.15, 0.2) is 36.4 Å². The van der Waals surface area contributed by atoms with Gasteiger partial charge >= 0.3 is 0 Å². The number of nitrogens with one attached hydrogen (secondary N) is 2. The van der Waals surface area contributed by atoms with Gasteiger partial charge in [0.1, 0.15) is 0 Å². The zero-order chi connectivity index (χ0) is 19.0. The smallest absolute Gasteiger partial charge is 0.271 e. The SMILES string of the molecule is Cc1cc(C(=O)NNC(=O)C[C@H]2C[C@H]3CC[C@H]2C3)c(C)n1-c1ccccc1. The molecular formula is C22H27N3O2. The van der Waals surface area contributed by atoms with Gasteiger partial charge in [0.2, 0.25) is 5.91 Å². The lowest BCUT2D eigenvalue weighted by Crippen LogP contribution is -2.42. The summed E-state index contributed by atoms with van der Waals surface area (Å²) in [6, 6.07) is 11.8. The van der Waals surface area contributed by atoms with E-state index in [1.807, 2.05) is 54.8 Å². The highest BCUT2D eigenvalue weighted by Crippen LogP contribution is 2.49. The third kappa shape index (κ3) is 3.51. The van der Waals surface area contributed by atoms with Crippen LogP contribution >= 0.6 is 0 Å². The first kappa shape index (κ1) is 17.8. The Hall–Kier alpha value is -2.56. The minimum atomic E-state index is -0.272. The second-order valence-electron chi connectivity index (χ2n) is 8.10. The standard InChI is InChI=1S/C22H27N3O2/c1-14-10-20(15(2)25(14)19-6-4-3-5-7-19)22(27)24-23-21(26)13-18-12-16-8-9-17(18)11-16/h3-7,10,16-18H,8-9,11-13H2,1-2H3,(H,23,26)(H,24,27)/t16-,17-,18+/m0/s1. The zero-order valence-corrected chi connectivity index (χ0v) is 16.0. The van der Waals surface area contributed by atoms with Crippen molar-refractivity contribution in [2.75, 3.05) is 0 Å². The number of rotatable bonds is 4. The van der Waals surface area contributed by atoms with Crippen LogP contribution in [0.3, 0.4) is 0 Å². The first-order chi connectivity index (χ1) is 13.0. The summed E-state index contributed by atoms with van der Waals surface area (Å²) in [6.07, 6.45) is 5.57. The molecule has 2 aliphatic carbocycles. The van der Waals surface area contributed by atoms with Gasteiger partial charge in [-0.05, 0) is 69.1 Å². The topological polar surface area (TPSA) is 63.1 Å². The van der Waals surface area contributed by atoms with Gasteiger partial charge in [-0.2, -0.15) is 0 Å². The summed E-state index contributed by atoms with van der Waals surface area (Å²) in [5.74, 6) is 1.67. The molecule has 0 spiro atoms. The van der Waals surface area contributed by atoms with Crippen LogP contribution < -0.4 is 10.9 Å². The number of para-hydroxylation sites is 1. The van der Waals surface area contributed by atoms with E-state index < -0.39 is 0 Å². The van der Waals surface area contributed by atoms with Crippen molar-refractivity contribution in [3.63, 3.8) is 0 Å².